The number of urea groups is 1. The number of carbonyl (C=O) groups excluding carboxylic acids is 3. The normalized spacial score (nSPS) is 15.0. The number of anilines is 1. The molecule has 4 amide bonds. The number of nitrogens with one attached hydrogen (secondary N) is 1. The Morgan fingerprint density at radius 1 is 1.15 bits per heavy atom. The fourth-order valence-corrected chi connectivity index (χ4v) is 3.51. The number of amides is 4. The van der Waals surface area contributed by atoms with Crippen LogP contribution in [-0.4, -0.2) is 42.1 Å². The van der Waals surface area contributed by atoms with E-state index in [-0.39, 0.29) is 34.4 Å². The van der Waals surface area contributed by atoms with Crippen molar-refractivity contribution in [3.63, 3.8) is 0 Å². The van der Waals surface area contributed by atoms with Crippen LogP contribution in [0, 0.1) is 6.92 Å². The summed E-state index contributed by atoms with van der Waals surface area (Å²) in [5.41, 5.74) is 0.792. The average molecular weight is 493 g/mol. The van der Waals surface area contributed by atoms with Crippen LogP contribution >= 0.6 is 23.2 Å². The first kappa shape index (κ1) is 24.1. The van der Waals surface area contributed by atoms with Gasteiger partial charge in [-0.05, 0) is 55.3 Å². The van der Waals surface area contributed by atoms with Crippen molar-refractivity contribution in [3.05, 3.63) is 57.1 Å². The summed E-state index contributed by atoms with van der Waals surface area (Å²) in [5.74, 6) is -2.81. The number of carbonyl (C=O) groups is 4. The van der Waals surface area contributed by atoms with Crippen molar-refractivity contribution >= 4 is 58.8 Å². The van der Waals surface area contributed by atoms with Gasteiger partial charge in [0.1, 0.15) is 5.57 Å². The largest absolute Gasteiger partial charge is 0.490 e. The molecule has 0 aliphatic carbocycles. The maximum absolute atomic E-state index is 13.1. The molecule has 0 unspecified atom stereocenters. The van der Waals surface area contributed by atoms with Gasteiger partial charge < -0.3 is 14.6 Å². The fourth-order valence-electron chi connectivity index (χ4n) is 3.07. The van der Waals surface area contributed by atoms with E-state index in [0.29, 0.717) is 16.1 Å². The van der Waals surface area contributed by atoms with Gasteiger partial charge in [0.25, 0.3) is 11.8 Å². The first-order chi connectivity index (χ1) is 15.6. The molecule has 9 nitrogen and oxygen atoms in total. The van der Waals surface area contributed by atoms with E-state index in [1.54, 1.807) is 26.0 Å². The van der Waals surface area contributed by atoms with Gasteiger partial charge in [0.15, 0.2) is 18.1 Å². The van der Waals surface area contributed by atoms with E-state index in [9.17, 15) is 19.2 Å². The number of imide groups is 2. The van der Waals surface area contributed by atoms with Crippen molar-refractivity contribution in [2.24, 2.45) is 0 Å². The number of halogens is 2. The third-order valence-corrected chi connectivity index (χ3v) is 5.01. The third kappa shape index (κ3) is 5.27. The van der Waals surface area contributed by atoms with Crippen LogP contribution in [0.2, 0.25) is 10.0 Å². The predicted molar refractivity (Wildman–Crippen MR) is 121 cm³/mol. The van der Waals surface area contributed by atoms with Gasteiger partial charge in [-0.1, -0.05) is 29.3 Å². The zero-order valence-electron chi connectivity index (χ0n) is 17.5. The number of barbiturate groups is 1. The van der Waals surface area contributed by atoms with Crippen molar-refractivity contribution in [1.29, 1.82) is 0 Å². The van der Waals surface area contributed by atoms with Crippen LogP contribution < -0.4 is 19.7 Å². The van der Waals surface area contributed by atoms with Gasteiger partial charge in [0.05, 0.1) is 17.3 Å². The number of rotatable bonds is 7. The van der Waals surface area contributed by atoms with Crippen LogP contribution in [0.25, 0.3) is 6.08 Å². The van der Waals surface area contributed by atoms with E-state index in [2.05, 4.69) is 5.32 Å². The van der Waals surface area contributed by atoms with Crippen molar-refractivity contribution in [2.75, 3.05) is 18.1 Å². The quantitative estimate of drug-likeness (QED) is 0.444. The first-order valence-corrected chi connectivity index (χ1v) is 10.4. The van der Waals surface area contributed by atoms with Gasteiger partial charge in [0.2, 0.25) is 0 Å². The number of aryl methyl sites for hydroxylation is 1. The lowest BCUT2D eigenvalue weighted by Gasteiger charge is -2.27. The molecule has 0 radical (unpaired) electrons. The number of aliphatic carboxylic acids is 1. The second kappa shape index (κ2) is 9.93. The van der Waals surface area contributed by atoms with Crippen LogP contribution in [0.3, 0.4) is 0 Å². The molecular formula is C22H18Cl2N2O7. The molecule has 1 heterocycles. The van der Waals surface area contributed by atoms with Crippen LogP contribution in [-0.2, 0) is 14.4 Å². The summed E-state index contributed by atoms with van der Waals surface area (Å²) in [6, 6.07) is 6.60. The SMILES string of the molecule is CCOc1cc(/C=C2\C(=O)NC(=O)N(c3cc(Cl)ccc3C)C2=O)cc(Cl)c1OCC(=O)O. The lowest BCUT2D eigenvalue weighted by molar-refractivity contribution is -0.139. The third-order valence-electron chi connectivity index (χ3n) is 4.50. The second-order valence-electron chi connectivity index (χ2n) is 6.83. The van der Waals surface area contributed by atoms with Crippen molar-refractivity contribution in [1.82, 2.24) is 5.32 Å². The Morgan fingerprint density at radius 3 is 2.55 bits per heavy atom. The standard InChI is InChI=1S/C22H18Cl2N2O7/c1-3-32-17-8-12(7-15(24)19(17)33-10-18(27)28)6-14-20(29)25-22(31)26(21(14)30)16-9-13(23)5-4-11(16)2/h4-9H,3,10H2,1-2H3,(H,27,28)(H,25,29,31)/b14-6+. The Bertz CT molecular complexity index is 1190. The van der Waals surface area contributed by atoms with Gasteiger partial charge in [-0.3, -0.25) is 14.9 Å². The van der Waals surface area contributed by atoms with Crippen molar-refractivity contribution in [2.45, 2.75) is 13.8 Å². The van der Waals surface area contributed by atoms with E-state index < -0.39 is 30.4 Å². The molecule has 33 heavy (non-hydrogen) atoms. The second-order valence-corrected chi connectivity index (χ2v) is 7.68. The molecule has 0 aromatic heterocycles. The summed E-state index contributed by atoms with van der Waals surface area (Å²) >= 11 is 12.3. The van der Waals surface area contributed by atoms with Gasteiger partial charge in [-0.25, -0.2) is 14.5 Å². The molecule has 172 valence electrons. The van der Waals surface area contributed by atoms with Gasteiger partial charge in [0, 0.05) is 5.02 Å². The molecule has 1 fully saturated rings. The lowest BCUT2D eigenvalue weighted by atomic mass is 10.1. The summed E-state index contributed by atoms with van der Waals surface area (Å²) in [6.45, 7) is 2.97. The number of carboxylic acid groups (broad SMARTS) is 1. The minimum Gasteiger partial charge on any atom is -0.490 e. The number of ether oxygens (including phenoxy) is 2. The molecule has 3 rings (SSSR count). The smallest absolute Gasteiger partial charge is 0.341 e. The molecule has 11 heteroatoms. The topological polar surface area (TPSA) is 122 Å². The summed E-state index contributed by atoms with van der Waals surface area (Å²) in [4.78, 5) is 49.7. The highest BCUT2D eigenvalue weighted by Crippen LogP contribution is 2.37. The Balaban J connectivity index is 2.04. The van der Waals surface area contributed by atoms with E-state index in [1.165, 1.54) is 24.3 Å². The fraction of sp³-hybridized carbons (Fsp3) is 0.182. The van der Waals surface area contributed by atoms with Crippen LogP contribution in [0.15, 0.2) is 35.9 Å². The Morgan fingerprint density at radius 2 is 1.88 bits per heavy atom. The zero-order valence-corrected chi connectivity index (χ0v) is 19.0. The van der Waals surface area contributed by atoms with Crippen molar-refractivity contribution < 1.29 is 33.8 Å². The molecule has 0 spiro atoms. The summed E-state index contributed by atoms with van der Waals surface area (Å²) in [5, 5.41) is 11.3. The average Bonchev–Trinajstić information content (AvgIpc) is 2.73. The van der Waals surface area contributed by atoms with E-state index in [0.717, 1.165) is 4.90 Å². The van der Waals surface area contributed by atoms with Gasteiger partial charge in [-0.2, -0.15) is 0 Å². The number of hydrogen-bond acceptors (Lipinski definition) is 6. The Hall–Kier alpha value is -3.56. The molecule has 0 saturated carbocycles. The number of nitrogens with zero attached hydrogens (tertiary/aromatic N) is 1. The molecule has 2 aromatic carbocycles. The molecule has 2 aromatic rings. The maximum Gasteiger partial charge on any atom is 0.341 e. The van der Waals surface area contributed by atoms with E-state index in [1.807, 2.05) is 0 Å². The number of hydrogen-bond donors (Lipinski definition) is 2. The highest BCUT2D eigenvalue weighted by molar-refractivity contribution is 6.40. The number of benzene rings is 2. The molecule has 1 saturated heterocycles. The molecule has 0 bridgehead atoms. The molecule has 1 aliphatic heterocycles. The maximum atomic E-state index is 13.1. The zero-order chi connectivity index (χ0) is 24.3. The molecule has 1 aliphatic rings. The molecule has 0 atom stereocenters. The van der Waals surface area contributed by atoms with Crippen molar-refractivity contribution in [3.8, 4) is 11.5 Å². The summed E-state index contributed by atoms with van der Waals surface area (Å²) in [7, 11) is 0. The van der Waals surface area contributed by atoms with Crippen LogP contribution in [0.4, 0.5) is 10.5 Å². The summed E-state index contributed by atoms with van der Waals surface area (Å²) < 4.78 is 10.7. The lowest BCUT2D eigenvalue weighted by Crippen LogP contribution is -2.54. The molecular weight excluding hydrogens is 475 g/mol. The predicted octanol–water partition coefficient (Wildman–Crippen LogP) is 3.83. The van der Waals surface area contributed by atoms with E-state index >= 15 is 0 Å². The minimum atomic E-state index is -1.20. The number of carboxylic acids is 1. The monoisotopic (exact) mass is 492 g/mol. The first-order valence-electron chi connectivity index (χ1n) is 9.61. The van der Waals surface area contributed by atoms with Crippen LogP contribution in [0.5, 0.6) is 11.5 Å². The molecule has 2 N–H and O–H groups in total. The minimum absolute atomic E-state index is 0.00819. The van der Waals surface area contributed by atoms with E-state index in [4.69, 9.17) is 37.8 Å². The highest BCUT2D eigenvalue weighted by Gasteiger charge is 2.37. The van der Waals surface area contributed by atoms with Crippen LogP contribution in [0.1, 0.15) is 18.1 Å². The summed E-state index contributed by atoms with van der Waals surface area (Å²) in [6.07, 6.45) is 1.24. The Kier molecular flexibility index (Phi) is 7.25. The Labute approximate surface area is 198 Å². The van der Waals surface area contributed by atoms with Gasteiger partial charge >= 0.3 is 12.0 Å². The van der Waals surface area contributed by atoms with Gasteiger partial charge in [-0.15, -0.1) is 0 Å². The highest BCUT2D eigenvalue weighted by atomic mass is 35.5.